The van der Waals surface area contributed by atoms with Gasteiger partial charge in [-0.15, -0.1) is 0 Å². The number of carbonyl (C=O) groups is 2. The third-order valence-electron chi connectivity index (χ3n) is 1.39. The molecule has 0 heterocycles. The van der Waals surface area contributed by atoms with Crippen molar-refractivity contribution in [2.75, 3.05) is 7.11 Å². The summed E-state index contributed by atoms with van der Waals surface area (Å²) in [5.74, 6) is -0.922. The highest BCUT2D eigenvalue weighted by Gasteiger charge is 1.86. The lowest BCUT2D eigenvalue weighted by Gasteiger charge is -1.87. The largest absolute Gasteiger partial charge is 0.505 e. The molecule has 0 atom stereocenters. The zero-order valence-corrected chi connectivity index (χ0v) is 8.66. The topological polar surface area (TPSA) is 83.8 Å². The number of hydrogen-bond acceptors (Lipinski definition) is 3. The molecular weight excluding hydrogens is 212 g/mol. The Hall–Kier alpha value is -2.30. The molecule has 0 amide bonds. The van der Waals surface area contributed by atoms with E-state index in [1.54, 1.807) is 6.08 Å². The number of aliphatic carboxylic acids is 1. The number of ether oxygens (including phenoxy) is 1. The average Bonchev–Trinajstić information content (AvgIpc) is 2.28. The van der Waals surface area contributed by atoms with E-state index in [4.69, 9.17) is 15.0 Å². The van der Waals surface area contributed by atoms with Gasteiger partial charge in [0.25, 0.3) is 0 Å². The van der Waals surface area contributed by atoms with Gasteiger partial charge in [-0.1, -0.05) is 30.3 Å². The first-order valence-electron chi connectivity index (χ1n) is 4.29. The lowest BCUT2D eigenvalue weighted by molar-refractivity contribution is -0.131. The Morgan fingerprint density at radius 3 is 2.06 bits per heavy atom. The van der Waals surface area contributed by atoms with Crippen LogP contribution in [0, 0.1) is 0 Å². The van der Waals surface area contributed by atoms with Crippen molar-refractivity contribution >= 4 is 18.2 Å². The van der Waals surface area contributed by atoms with Gasteiger partial charge in [-0.2, -0.15) is 0 Å². The Kier molecular flexibility index (Phi) is 6.89. The summed E-state index contributed by atoms with van der Waals surface area (Å²) in [5.41, 5.74) is 0.898. The van der Waals surface area contributed by atoms with E-state index in [0.29, 0.717) is 0 Å². The lowest BCUT2D eigenvalue weighted by Crippen LogP contribution is -1.91. The Bertz CT molecular complexity index is 356. The molecule has 0 unspecified atom stereocenters. The third kappa shape index (κ3) is 8.31. The maximum atomic E-state index is 10.1. The van der Waals surface area contributed by atoms with Crippen molar-refractivity contribution in [2.24, 2.45) is 0 Å². The minimum absolute atomic E-state index is 0.898. The number of hydrogen-bond donors (Lipinski definition) is 2. The fourth-order valence-corrected chi connectivity index (χ4v) is 0.732. The molecule has 0 spiro atoms. The fourth-order valence-electron chi connectivity index (χ4n) is 0.732. The molecule has 1 aromatic rings. The van der Waals surface area contributed by atoms with Crippen molar-refractivity contribution < 1.29 is 24.5 Å². The predicted molar refractivity (Wildman–Crippen MR) is 58.1 cm³/mol. The molecule has 5 heteroatoms. The van der Waals surface area contributed by atoms with Gasteiger partial charge in [0.2, 0.25) is 0 Å². The van der Waals surface area contributed by atoms with Crippen LogP contribution in [0.3, 0.4) is 0 Å². The molecular formula is C11H12O5. The van der Waals surface area contributed by atoms with Gasteiger partial charge in [-0.05, 0) is 11.6 Å². The Morgan fingerprint density at radius 2 is 1.69 bits per heavy atom. The Balaban J connectivity index is 0.000000385. The van der Waals surface area contributed by atoms with Crippen LogP contribution in [0.15, 0.2) is 36.4 Å². The van der Waals surface area contributed by atoms with E-state index in [-0.39, 0.29) is 0 Å². The molecule has 0 aliphatic carbocycles. The predicted octanol–water partition coefficient (Wildman–Crippen LogP) is 2.10. The Morgan fingerprint density at radius 1 is 1.19 bits per heavy atom. The highest BCUT2D eigenvalue weighted by Crippen LogP contribution is 1.99. The van der Waals surface area contributed by atoms with Crippen molar-refractivity contribution in [3.05, 3.63) is 42.0 Å². The molecule has 0 radical (unpaired) electrons. The number of carboxylic acid groups (broad SMARTS) is 2. The number of carboxylic acids is 1. The van der Waals surface area contributed by atoms with Crippen LogP contribution in [0.2, 0.25) is 0 Å². The molecule has 0 aromatic heterocycles. The lowest BCUT2D eigenvalue weighted by atomic mass is 10.2. The minimum atomic E-state index is -1.25. The van der Waals surface area contributed by atoms with E-state index in [0.717, 1.165) is 18.7 Å². The zero-order valence-electron chi connectivity index (χ0n) is 8.66. The molecule has 0 fully saturated rings. The Labute approximate surface area is 92.6 Å². The van der Waals surface area contributed by atoms with Crippen LogP contribution in [0.4, 0.5) is 4.79 Å². The summed E-state index contributed by atoms with van der Waals surface area (Å²) in [6.07, 6.45) is 1.43. The summed E-state index contributed by atoms with van der Waals surface area (Å²) in [6.45, 7) is 0. The van der Waals surface area contributed by atoms with Crippen LogP contribution in [0.1, 0.15) is 5.56 Å². The van der Waals surface area contributed by atoms with Crippen LogP contribution in [-0.2, 0) is 9.53 Å². The van der Waals surface area contributed by atoms with Crippen LogP contribution >= 0.6 is 0 Å². The second kappa shape index (κ2) is 8.05. The van der Waals surface area contributed by atoms with Crippen LogP contribution in [0.25, 0.3) is 6.08 Å². The van der Waals surface area contributed by atoms with Crippen molar-refractivity contribution in [1.82, 2.24) is 0 Å². The van der Waals surface area contributed by atoms with E-state index in [1.807, 2.05) is 30.3 Å². The molecule has 0 saturated carbocycles. The van der Waals surface area contributed by atoms with Crippen LogP contribution < -0.4 is 0 Å². The van der Waals surface area contributed by atoms with E-state index < -0.39 is 12.1 Å². The zero-order chi connectivity index (χ0) is 12.4. The molecule has 0 saturated heterocycles. The molecule has 0 bridgehead atoms. The monoisotopic (exact) mass is 224 g/mol. The summed E-state index contributed by atoms with van der Waals surface area (Å²) < 4.78 is 3.67. The minimum Gasteiger partial charge on any atom is -0.478 e. The second-order valence-corrected chi connectivity index (χ2v) is 2.55. The number of methoxy groups -OCH3 is 1. The fraction of sp³-hybridized carbons (Fsp3) is 0.0909. The van der Waals surface area contributed by atoms with Gasteiger partial charge in [-0.25, -0.2) is 9.59 Å². The molecule has 0 aliphatic rings. The van der Waals surface area contributed by atoms with Gasteiger partial charge < -0.3 is 14.9 Å². The van der Waals surface area contributed by atoms with Gasteiger partial charge in [-0.3, -0.25) is 0 Å². The molecule has 5 nitrogen and oxygen atoms in total. The smallest absolute Gasteiger partial charge is 0.478 e. The summed E-state index contributed by atoms with van der Waals surface area (Å²) in [7, 11) is 1.10. The first-order valence-corrected chi connectivity index (χ1v) is 4.29. The average molecular weight is 224 g/mol. The summed E-state index contributed by atoms with van der Waals surface area (Å²) in [5, 5.41) is 15.8. The maximum absolute atomic E-state index is 10.1. The normalized spacial score (nSPS) is 9.06. The number of benzene rings is 1. The first kappa shape index (κ1) is 13.7. The quantitative estimate of drug-likeness (QED) is 0.593. The third-order valence-corrected chi connectivity index (χ3v) is 1.39. The SMILES string of the molecule is COC(=O)O.O=C(O)/C=C/c1ccccc1. The van der Waals surface area contributed by atoms with Crippen LogP contribution in [-0.4, -0.2) is 29.4 Å². The maximum Gasteiger partial charge on any atom is 0.505 e. The molecule has 1 rings (SSSR count). The van der Waals surface area contributed by atoms with Crippen molar-refractivity contribution in [1.29, 1.82) is 0 Å². The van der Waals surface area contributed by atoms with Gasteiger partial charge in [0, 0.05) is 6.08 Å². The standard InChI is InChI=1S/C9H8O2.C2H4O3/c10-9(11)7-6-8-4-2-1-3-5-8;1-5-2(3)4/h1-7H,(H,10,11);1H3,(H,3,4)/b7-6+;. The molecule has 1 aromatic carbocycles. The summed E-state index contributed by atoms with van der Waals surface area (Å²) in [6, 6.07) is 9.31. The van der Waals surface area contributed by atoms with E-state index in [1.165, 1.54) is 0 Å². The second-order valence-electron chi connectivity index (χ2n) is 2.55. The summed E-state index contributed by atoms with van der Waals surface area (Å²) in [4.78, 5) is 19.2. The number of rotatable bonds is 2. The highest BCUT2D eigenvalue weighted by atomic mass is 16.6. The highest BCUT2D eigenvalue weighted by molar-refractivity contribution is 5.85. The van der Waals surface area contributed by atoms with Crippen molar-refractivity contribution in [3.63, 3.8) is 0 Å². The van der Waals surface area contributed by atoms with Crippen molar-refractivity contribution in [3.8, 4) is 0 Å². The van der Waals surface area contributed by atoms with E-state index >= 15 is 0 Å². The van der Waals surface area contributed by atoms with E-state index in [2.05, 4.69) is 4.74 Å². The van der Waals surface area contributed by atoms with Gasteiger partial charge in [0.05, 0.1) is 7.11 Å². The van der Waals surface area contributed by atoms with E-state index in [9.17, 15) is 4.79 Å². The molecule has 86 valence electrons. The van der Waals surface area contributed by atoms with Gasteiger partial charge in [0.1, 0.15) is 0 Å². The van der Waals surface area contributed by atoms with Crippen molar-refractivity contribution in [2.45, 2.75) is 0 Å². The first-order chi connectivity index (χ1) is 7.56. The molecule has 2 N–H and O–H groups in total. The van der Waals surface area contributed by atoms with Gasteiger partial charge in [0.15, 0.2) is 0 Å². The molecule has 16 heavy (non-hydrogen) atoms. The van der Waals surface area contributed by atoms with Crippen LogP contribution in [0.5, 0.6) is 0 Å². The summed E-state index contributed by atoms with van der Waals surface area (Å²) >= 11 is 0. The molecule has 0 aliphatic heterocycles. The van der Waals surface area contributed by atoms with Gasteiger partial charge >= 0.3 is 12.1 Å².